The smallest absolute Gasteiger partial charge is 0.306 e. The lowest BCUT2D eigenvalue weighted by Gasteiger charge is -2.43. The van der Waals surface area contributed by atoms with Gasteiger partial charge in [-0.1, -0.05) is 72.8 Å². The first kappa shape index (κ1) is 36.0. The minimum Gasteiger partial charge on any atom is -0.463 e. The Labute approximate surface area is 289 Å². The summed E-state index contributed by atoms with van der Waals surface area (Å²) in [4.78, 5) is 59.5. The lowest BCUT2D eigenvalue weighted by atomic mass is 9.70. The van der Waals surface area contributed by atoms with Gasteiger partial charge in [0.05, 0.1) is 36.6 Å². The number of benzene rings is 2. The zero-order valence-corrected chi connectivity index (χ0v) is 28.8. The van der Waals surface area contributed by atoms with Gasteiger partial charge in [0.15, 0.2) is 0 Å². The first-order chi connectivity index (χ1) is 23.5. The first-order valence-corrected chi connectivity index (χ1v) is 17.2. The van der Waals surface area contributed by atoms with Gasteiger partial charge in [-0.05, 0) is 57.6 Å². The lowest BCUT2D eigenvalue weighted by Crippen LogP contribution is -2.62. The highest BCUT2D eigenvalue weighted by molar-refractivity contribution is 5.99. The van der Waals surface area contributed by atoms with Crippen molar-refractivity contribution in [2.75, 3.05) is 19.8 Å². The van der Waals surface area contributed by atoms with Crippen LogP contribution in [0.2, 0.25) is 0 Å². The molecule has 49 heavy (non-hydrogen) atoms. The van der Waals surface area contributed by atoms with Gasteiger partial charge in [0.25, 0.3) is 0 Å². The van der Waals surface area contributed by atoms with E-state index in [0.29, 0.717) is 25.7 Å². The highest BCUT2D eigenvalue weighted by atomic mass is 16.5. The Kier molecular flexibility index (Phi) is 11.1. The van der Waals surface area contributed by atoms with E-state index in [9.17, 15) is 24.3 Å². The molecule has 10 nitrogen and oxygen atoms in total. The van der Waals surface area contributed by atoms with Gasteiger partial charge in [0.1, 0.15) is 18.2 Å². The summed E-state index contributed by atoms with van der Waals surface area (Å²) in [6.45, 7) is 13.1. The van der Waals surface area contributed by atoms with Crippen molar-refractivity contribution in [3.05, 3.63) is 97.1 Å². The maximum absolute atomic E-state index is 14.8. The van der Waals surface area contributed by atoms with Crippen LogP contribution in [0.4, 0.5) is 0 Å². The number of nitrogens with zero attached hydrogens (tertiary/aromatic N) is 2. The van der Waals surface area contributed by atoms with Gasteiger partial charge in [-0.25, -0.2) is 0 Å². The molecule has 0 radical (unpaired) electrons. The highest BCUT2D eigenvalue weighted by Crippen LogP contribution is 2.59. The second kappa shape index (κ2) is 15.1. The van der Waals surface area contributed by atoms with E-state index in [1.807, 2.05) is 81.4 Å². The molecule has 0 unspecified atom stereocenters. The van der Waals surface area contributed by atoms with Crippen molar-refractivity contribution < 1.29 is 33.8 Å². The molecule has 7 atom stereocenters. The molecule has 0 aromatic heterocycles. The third-order valence-electron chi connectivity index (χ3n) is 10.1. The molecule has 3 aliphatic rings. The summed E-state index contributed by atoms with van der Waals surface area (Å²) in [5.74, 6) is -3.32. The topological polar surface area (TPSA) is 125 Å². The molecule has 3 amide bonds. The normalized spacial score (nSPS) is 25.3. The van der Waals surface area contributed by atoms with Crippen LogP contribution >= 0.6 is 0 Å². The van der Waals surface area contributed by atoms with Crippen molar-refractivity contribution >= 4 is 23.7 Å². The molecular formula is C39H49N3O7. The second-order valence-corrected chi connectivity index (χ2v) is 14.2. The summed E-state index contributed by atoms with van der Waals surface area (Å²) < 4.78 is 12.2. The Balaban J connectivity index is 1.50. The Hall–Kier alpha value is -4.28. The lowest BCUT2D eigenvalue weighted by molar-refractivity contribution is -0.154. The van der Waals surface area contributed by atoms with Crippen LogP contribution in [0.15, 0.2) is 86.0 Å². The number of amides is 3. The molecule has 3 heterocycles. The highest BCUT2D eigenvalue weighted by Gasteiger charge is 2.75. The maximum atomic E-state index is 14.8. The van der Waals surface area contributed by atoms with E-state index in [1.54, 1.807) is 17.1 Å². The molecule has 3 aliphatic heterocycles. The van der Waals surface area contributed by atoms with Crippen molar-refractivity contribution in [2.45, 2.75) is 88.2 Å². The number of carbonyl (C=O) groups is 4. The number of esters is 1. The summed E-state index contributed by atoms with van der Waals surface area (Å²) in [5.41, 5.74) is -0.217. The zero-order valence-electron chi connectivity index (χ0n) is 28.8. The fraction of sp³-hybridized carbons (Fsp3) is 0.487. The molecule has 2 bridgehead atoms. The van der Waals surface area contributed by atoms with Crippen molar-refractivity contribution in [3.63, 3.8) is 0 Å². The Morgan fingerprint density at radius 2 is 1.78 bits per heavy atom. The number of aliphatic hydroxyl groups excluding tert-OH is 1. The number of hydrogen-bond acceptors (Lipinski definition) is 7. The Morgan fingerprint density at radius 1 is 1.10 bits per heavy atom. The van der Waals surface area contributed by atoms with Gasteiger partial charge in [-0.2, -0.15) is 0 Å². The molecule has 0 saturated carbocycles. The Bertz CT molecular complexity index is 1520. The number of carbonyl (C=O) groups excluding carboxylic acids is 4. The third-order valence-corrected chi connectivity index (χ3v) is 10.1. The molecular weight excluding hydrogens is 622 g/mol. The van der Waals surface area contributed by atoms with E-state index >= 15 is 0 Å². The quantitative estimate of drug-likeness (QED) is 0.215. The van der Waals surface area contributed by atoms with Gasteiger partial charge < -0.3 is 29.7 Å². The summed E-state index contributed by atoms with van der Waals surface area (Å²) in [7, 11) is 0. The predicted molar refractivity (Wildman–Crippen MR) is 185 cm³/mol. The van der Waals surface area contributed by atoms with Crippen LogP contribution < -0.4 is 5.32 Å². The van der Waals surface area contributed by atoms with E-state index in [2.05, 4.69) is 18.5 Å². The minimum absolute atomic E-state index is 0.0906. The van der Waals surface area contributed by atoms with Gasteiger partial charge in [0, 0.05) is 18.5 Å². The minimum atomic E-state index is -1.25. The number of rotatable bonds is 15. The molecule has 262 valence electrons. The fourth-order valence-corrected chi connectivity index (χ4v) is 7.81. The number of hydrogen-bond donors (Lipinski definition) is 2. The van der Waals surface area contributed by atoms with Gasteiger partial charge in [-0.3, -0.25) is 19.2 Å². The van der Waals surface area contributed by atoms with Crippen LogP contribution in [0.1, 0.15) is 63.6 Å². The number of aliphatic hydroxyl groups is 1. The van der Waals surface area contributed by atoms with Crippen molar-refractivity contribution in [1.82, 2.24) is 15.1 Å². The predicted octanol–water partition coefficient (Wildman–Crippen LogP) is 4.14. The van der Waals surface area contributed by atoms with E-state index in [-0.39, 0.29) is 38.0 Å². The monoisotopic (exact) mass is 671 g/mol. The van der Waals surface area contributed by atoms with Crippen LogP contribution in [0.25, 0.3) is 0 Å². The number of allylic oxidation sites excluding steroid dienone is 1. The van der Waals surface area contributed by atoms with E-state index in [1.165, 1.54) is 4.90 Å². The zero-order chi connectivity index (χ0) is 35.3. The summed E-state index contributed by atoms with van der Waals surface area (Å²) in [5, 5.41) is 13.8. The van der Waals surface area contributed by atoms with E-state index in [0.717, 1.165) is 11.1 Å². The van der Waals surface area contributed by atoms with E-state index in [4.69, 9.17) is 9.47 Å². The van der Waals surface area contributed by atoms with Crippen LogP contribution in [-0.4, -0.2) is 87.7 Å². The van der Waals surface area contributed by atoms with Crippen LogP contribution in [0.3, 0.4) is 0 Å². The molecule has 5 rings (SSSR count). The fourth-order valence-electron chi connectivity index (χ4n) is 7.81. The largest absolute Gasteiger partial charge is 0.463 e. The number of ether oxygens (including phenoxy) is 2. The molecule has 3 saturated heterocycles. The summed E-state index contributed by atoms with van der Waals surface area (Å²) in [6, 6.07) is 16.3. The maximum Gasteiger partial charge on any atom is 0.306 e. The molecule has 10 heteroatoms. The van der Waals surface area contributed by atoms with Crippen molar-refractivity contribution in [1.29, 1.82) is 0 Å². The van der Waals surface area contributed by atoms with Crippen molar-refractivity contribution in [2.24, 2.45) is 11.8 Å². The molecule has 2 aromatic carbocycles. The summed E-state index contributed by atoms with van der Waals surface area (Å²) in [6.07, 6.45) is 4.60. The molecule has 3 fully saturated rings. The number of nitrogens with one attached hydrogen (secondary N) is 1. The third kappa shape index (κ3) is 7.21. The van der Waals surface area contributed by atoms with Crippen LogP contribution in [0.5, 0.6) is 0 Å². The standard InChI is InChI=1S/C39H49N3O7/c1-6-8-19-31(44)48-25-29(27-17-13-10-14-18-27)40-35(45)32-30-20-21-39(49-30)33(32)36(46)42(28(24-43)23-26-15-11-9-12-16-26)34(39)37(47)41(22-7-2)38(3,4)5/h6-7,9-18,28-30,32-34,43H,1-2,8,19-25H2,3-5H3,(H,40,45)/t28-,29-,30-,32+,33+,34-,39+/m1/s1. The van der Waals surface area contributed by atoms with Crippen LogP contribution in [0, 0.1) is 11.8 Å². The number of fused-ring (bicyclic) bond motifs is 1. The van der Waals surface area contributed by atoms with Gasteiger partial charge >= 0.3 is 5.97 Å². The SMILES string of the molecule is C=CCCC(=O)OC[C@@H](NC(=O)[C@@H]1[C@H]2C(=O)N([C@@H](CO)Cc3ccccc3)[C@H](C(=O)N(CC=C)C(C)(C)C)[C@]23CC[C@H]1O3)c1ccccc1. The van der Waals surface area contributed by atoms with Gasteiger partial charge in [0.2, 0.25) is 17.7 Å². The molecule has 2 aromatic rings. The van der Waals surface area contributed by atoms with Crippen molar-refractivity contribution in [3.8, 4) is 0 Å². The average Bonchev–Trinajstić information content (AvgIpc) is 3.74. The molecule has 2 N–H and O–H groups in total. The molecule has 1 spiro atoms. The van der Waals surface area contributed by atoms with Crippen LogP contribution in [-0.2, 0) is 35.1 Å². The first-order valence-electron chi connectivity index (χ1n) is 17.2. The summed E-state index contributed by atoms with van der Waals surface area (Å²) >= 11 is 0. The van der Waals surface area contributed by atoms with E-state index < -0.39 is 59.1 Å². The molecule has 0 aliphatic carbocycles. The Morgan fingerprint density at radius 3 is 2.39 bits per heavy atom. The van der Waals surface area contributed by atoms with Gasteiger partial charge in [-0.15, -0.1) is 13.2 Å². The average molecular weight is 672 g/mol. The number of likely N-dealkylation sites (tertiary alicyclic amines) is 1. The second-order valence-electron chi connectivity index (χ2n) is 14.2.